The zero-order chi connectivity index (χ0) is 13.1. The lowest BCUT2D eigenvalue weighted by Crippen LogP contribution is -2.18. The van der Waals surface area contributed by atoms with E-state index in [-0.39, 0.29) is 17.7 Å². The molecule has 2 unspecified atom stereocenters. The highest BCUT2D eigenvalue weighted by Gasteiger charge is 2.30. The van der Waals surface area contributed by atoms with E-state index in [1.54, 1.807) is 32.4 Å². The predicted octanol–water partition coefficient (Wildman–Crippen LogP) is 2.01. The van der Waals surface area contributed by atoms with Crippen LogP contribution in [-0.2, 0) is 0 Å². The van der Waals surface area contributed by atoms with E-state index in [1.165, 1.54) is 0 Å². The van der Waals surface area contributed by atoms with Crippen molar-refractivity contribution >= 4 is 5.78 Å². The fourth-order valence-electron chi connectivity index (χ4n) is 2.48. The molecule has 0 radical (unpaired) electrons. The van der Waals surface area contributed by atoms with Crippen molar-refractivity contribution in [2.24, 2.45) is 11.7 Å². The summed E-state index contributed by atoms with van der Waals surface area (Å²) < 4.78 is 10.4. The molecule has 0 saturated heterocycles. The Bertz CT molecular complexity index is 445. The number of ketones is 1. The van der Waals surface area contributed by atoms with Crippen molar-refractivity contribution in [3.8, 4) is 11.5 Å². The Labute approximate surface area is 107 Å². The molecule has 18 heavy (non-hydrogen) atoms. The number of hydrogen-bond acceptors (Lipinski definition) is 4. The molecule has 1 aromatic rings. The molecule has 2 rings (SSSR count). The number of hydrogen-bond donors (Lipinski definition) is 1. The summed E-state index contributed by atoms with van der Waals surface area (Å²) in [6.07, 6.45) is 2.54. The van der Waals surface area contributed by atoms with E-state index < -0.39 is 0 Å². The molecule has 2 N–H and O–H groups in total. The summed E-state index contributed by atoms with van der Waals surface area (Å²) in [7, 11) is 3.15. The van der Waals surface area contributed by atoms with Gasteiger partial charge in [-0.2, -0.15) is 0 Å². The molecule has 0 heterocycles. The molecule has 4 heteroatoms. The van der Waals surface area contributed by atoms with E-state index >= 15 is 0 Å². The standard InChI is InChI=1S/C14H19NO3/c1-17-11-5-6-13(18-2)12(8-11)14(16)9-3-4-10(15)7-9/h5-6,8-10H,3-4,7,15H2,1-2H3. The minimum Gasteiger partial charge on any atom is -0.497 e. The molecule has 1 fully saturated rings. The van der Waals surface area contributed by atoms with Gasteiger partial charge in [0.25, 0.3) is 0 Å². The maximum atomic E-state index is 12.4. The second-order valence-electron chi connectivity index (χ2n) is 4.70. The van der Waals surface area contributed by atoms with Crippen molar-refractivity contribution in [1.29, 1.82) is 0 Å². The van der Waals surface area contributed by atoms with Crippen LogP contribution in [0.4, 0.5) is 0 Å². The Kier molecular flexibility index (Phi) is 3.87. The van der Waals surface area contributed by atoms with Crippen LogP contribution in [0.5, 0.6) is 11.5 Å². The van der Waals surface area contributed by atoms with Gasteiger partial charge in [-0.25, -0.2) is 0 Å². The first-order chi connectivity index (χ1) is 8.65. The number of carbonyl (C=O) groups excluding carboxylic acids is 1. The number of ether oxygens (including phenoxy) is 2. The molecule has 98 valence electrons. The molecular weight excluding hydrogens is 230 g/mol. The Balaban J connectivity index is 2.27. The van der Waals surface area contributed by atoms with E-state index in [4.69, 9.17) is 15.2 Å². The second-order valence-corrected chi connectivity index (χ2v) is 4.70. The normalized spacial score (nSPS) is 22.8. The quantitative estimate of drug-likeness (QED) is 0.829. The van der Waals surface area contributed by atoms with E-state index in [0.29, 0.717) is 17.1 Å². The molecule has 0 aliphatic heterocycles. The van der Waals surface area contributed by atoms with Crippen LogP contribution in [0.3, 0.4) is 0 Å². The smallest absolute Gasteiger partial charge is 0.169 e. The lowest BCUT2D eigenvalue weighted by atomic mass is 9.95. The summed E-state index contributed by atoms with van der Waals surface area (Å²) in [4.78, 5) is 12.4. The average Bonchev–Trinajstić information content (AvgIpc) is 2.83. The first-order valence-electron chi connectivity index (χ1n) is 6.17. The van der Waals surface area contributed by atoms with Gasteiger partial charge in [0.05, 0.1) is 19.8 Å². The van der Waals surface area contributed by atoms with Crippen LogP contribution < -0.4 is 15.2 Å². The monoisotopic (exact) mass is 249 g/mol. The van der Waals surface area contributed by atoms with E-state index in [1.807, 2.05) is 0 Å². The van der Waals surface area contributed by atoms with E-state index in [2.05, 4.69) is 0 Å². The van der Waals surface area contributed by atoms with Crippen LogP contribution >= 0.6 is 0 Å². The van der Waals surface area contributed by atoms with Gasteiger partial charge in [-0.15, -0.1) is 0 Å². The molecule has 1 saturated carbocycles. The number of benzene rings is 1. The maximum Gasteiger partial charge on any atom is 0.169 e. The van der Waals surface area contributed by atoms with Gasteiger partial charge < -0.3 is 15.2 Å². The Morgan fingerprint density at radius 1 is 1.28 bits per heavy atom. The van der Waals surface area contributed by atoms with Gasteiger partial charge in [0, 0.05) is 12.0 Å². The second kappa shape index (κ2) is 5.40. The highest BCUT2D eigenvalue weighted by atomic mass is 16.5. The summed E-state index contributed by atoms with van der Waals surface area (Å²) in [5, 5.41) is 0. The first-order valence-corrected chi connectivity index (χ1v) is 6.17. The third-order valence-corrected chi connectivity index (χ3v) is 3.52. The number of nitrogens with two attached hydrogens (primary N) is 1. The predicted molar refractivity (Wildman–Crippen MR) is 69.2 cm³/mol. The molecule has 2 atom stereocenters. The summed E-state index contributed by atoms with van der Waals surface area (Å²) >= 11 is 0. The van der Waals surface area contributed by atoms with Crippen molar-refractivity contribution in [3.63, 3.8) is 0 Å². The third-order valence-electron chi connectivity index (χ3n) is 3.52. The number of rotatable bonds is 4. The molecule has 0 bridgehead atoms. The summed E-state index contributed by atoms with van der Waals surface area (Å²) in [6.45, 7) is 0. The molecule has 4 nitrogen and oxygen atoms in total. The molecule has 1 aliphatic carbocycles. The Morgan fingerprint density at radius 2 is 2.06 bits per heavy atom. The SMILES string of the molecule is COc1ccc(OC)c(C(=O)C2CCC(N)C2)c1. The van der Waals surface area contributed by atoms with E-state index in [9.17, 15) is 4.79 Å². The maximum absolute atomic E-state index is 12.4. The van der Waals surface area contributed by atoms with Gasteiger partial charge in [-0.05, 0) is 37.5 Å². The number of Topliss-reactive ketones (excluding diaryl/α,β-unsaturated/α-hetero) is 1. The lowest BCUT2D eigenvalue weighted by molar-refractivity contribution is 0.0918. The number of methoxy groups -OCH3 is 2. The lowest BCUT2D eigenvalue weighted by Gasteiger charge is -2.13. The Morgan fingerprint density at radius 3 is 2.61 bits per heavy atom. The fraction of sp³-hybridized carbons (Fsp3) is 0.500. The zero-order valence-electron chi connectivity index (χ0n) is 10.8. The van der Waals surface area contributed by atoms with Crippen molar-refractivity contribution in [2.75, 3.05) is 14.2 Å². The summed E-state index contributed by atoms with van der Waals surface area (Å²) in [5.41, 5.74) is 6.45. The zero-order valence-corrected chi connectivity index (χ0v) is 10.8. The van der Waals surface area contributed by atoms with Gasteiger partial charge in [0.15, 0.2) is 5.78 Å². The van der Waals surface area contributed by atoms with Crippen LogP contribution in [0.1, 0.15) is 29.6 Å². The largest absolute Gasteiger partial charge is 0.497 e. The summed E-state index contributed by atoms with van der Waals surface area (Å²) in [5.74, 6) is 1.39. The van der Waals surface area contributed by atoms with Crippen molar-refractivity contribution < 1.29 is 14.3 Å². The van der Waals surface area contributed by atoms with Crippen LogP contribution in [0.15, 0.2) is 18.2 Å². The van der Waals surface area contributed by atoms with E-state index in [0.717, 1.165) is 19.3 Å². The third kappa shape index (κ3) is 2.48. The van der Waals surface area contributed by atoms with Crippen LogP contribution in [-0.4, -0.2) is 26.0 Å². The molecule has 0 spiro atoms. The molecule has 0 aromatic heterocycles. The average molecular weight is 249 g/mol. The Hall–Kier alpha value is -1.55. The highest BCUT2D eigenvalue weighted by molar-refractivity contribution is 6.00. The van der Waals surface area contributed by atoms with Crippen LogP contribution in [0.25, 0.3) is 0 Å². The topological polar surface area (TPSA) is 61.5 Å². The van der Waals surface area contributed by atoms with Gasteiger partial charge in [-0.1, -0.05) is 0 Å². The molecular formula is C14H19NO3. The van der Waals surface area contributed by atoms with Gasteiger partial charge >= 0.3 is 0 Å². The van der Waals surface area contributed by atoms with Gasteiger partial charge in [-0.3, -0.25) is 4.79 Å². The minimum atomic E-state index is 0.0148. The molecule has 0 amide bonds. The molecule has 1 aliphatic rings. The van der Waals surface area contributed by atoms with Crippen molar-refractivity contribution in [1.82, 2.24) is 0 Å². The highest BCUT2D eigenvalue weighted by Crippen LogP contribution is 2.32. The minimum absolute atomic E-state index is 0.0148. The number of carbonyl (C=O) groups is 1. The van der Waals surface area contributed by atoms with Gasteiger partial charge in [0.2, 0.25) is 0 Å². The van der Waals surface area contributed by atoms with Crippen LogP contribution in [0, 0.1) is 5.92 Å². The van der Waals surface area contributed by atoms with Crippen molar-refractivity contribution in [3.05, 3.63) is 23.8 Å². The first kappa shape index (κ1) is 12.9. The molecule has 1 aromatic carbocycles. The fourth-order valence-corrected chi connectivity index (χ4v) is 2.48. The van der Waals surface area contributed by atoms with Crippen LogP contribution in [0.2, 0.25) is 0 Å². The summed E-state index contributed by atoms with van der Waals surface area (Å²) in [6, 6.07) is 5.44. The van der Waals surface area contributed by atoms with Gasteiger partial charge in [0.1, 0.15) is 11.5 Å². The van der Waals surface area contributed by atoms with Crippen molar-refractivity contribution in [2.45, 2.75) is 25.3 Å².